The van der Waals surface area contributed by atoms with E-state index < -0.39 is 5.60 Å². The Kier molecular flexibility index (Phi) is 5.48. The molecule has 1 spiro atoms. The fraction of sp³-hybridized carbons (Fsp3) is 0.632. The molecule has 1 amide bonds. The molecule has 1 atom stereocenters. The minimum absolute atomic E-state index is 0.166. The zero-order valence-electron chi connectivity index (χ0n) is 14.6. The van der Waals surface area contributed by atoms with Crippen LogP contribution in [0.3, 0.4) is 0 Å². The van der Waals surface area contributed by atoms with E-state index in [2.05, 4.69) is 24.8 Å². The first-order valence-corrected chi connectivity index (χ1v) is 9.30. The van der Waals surface area contributed by atoms with Gasteiger partial charge in [0.05, 0.1) is 6.61 Å². The van der Waals surface area contributed by atoms with Gasteiger partial charge >= 0.3 is 0 Å². The Morgan fingerprint density at radius 1 is 1.25 bits per heavy atom. The standard InChI is InChI=1S/C19H27ClN2O2/c1-15(2)22-10-6-5-9-19(18(22)23)14-21(11-12-24-19)13-16-7-3-4-8-17(16)20/h3-4,7-8,15H,5-6,9-14H2,1-2H3. The zero-order valence-corrected chi connectivity index (χ0v) is 15.4. The third-order valence-electron chi connectivity index (χ3n) is 5.12. The molecular weight excluding hydrogens is 324 g/mol. The molecule has 3 rings (SSSR count). The van der Waals surface area contributed by atoms with Crippen molar-refractivity contribution in [2.24, 2.45) is 0 Å². The van der Waals surface area contributed by atoms with Crippen molar-refractivity contribution in [3.05, 3.63) is 34.9 Å². The van der Waals surface area contributed by atoms with Gasteiger partial charge in [0, 0.05) is 37.2 Å². The highest BCUT2D eigenvalue weighted by molar-refractivity contribution is 6.31. The fourth-order valence-corrected chi connectivity index (χ4v) is 3.99. The van der Waals surface area contributed by atoms with Crippen LogP contribution >= 0.6 is 11.6 Å². The van der Waals surface area contributed by atoms with Crippen molar-refractivity contribution in [1.29, 1.82) is 0 Å². The molecule has 2 aliphatic rings. The summed E-state index contributed by atoms with van der Waals surface area (Å²) in [6, 6.07) is 8.15. The van der Waals surface area contributed by atoms with E-state index >= 15 is 0 Å². The molecule has 1 aromatic rings. The molecule has 2 fully saturated rings. The lowest BCUT2D eigenvalue weighted by molar-refractivity contribution is -0.172. The summed E-state index contributed by atoms with van der Waals surface area (Å²) in [4.78, 5) is 17.5. The van der Waals surface area contributed by atoms with E-state index in [4.69, 9.17) is 16.3 Å². The highest BCUT2D eigenvalue weighted by atomic mass is 35.5. The van der Waals surface area contributed by atoms with Crippen LogP contribution in [0.25, 0.3) is 0 Å². The molecule has 1 aromatic carbocycles. The number of morpholine rings is 1. The number of likely N-dealkylation sites (tertiary alicyclic amines) is 1. The predicted octanol–water partition coefficient (Wildman–Crippen LogP) is 3.33. The lowest BCUT2D eigenvalue weighted by Crippen LogP contribution is -2.60. The number of rotatable bonds is 3. The molecule has 0 bridgehead atoms. The van der Waals surface area contributed by atoms with E-state index in [1.807, 2.05) is 23.1 Å². The summed E-state index contributed by atoms with van der Waals surface area (Å²) in [5.74, 6) is 0.166. The highest BCUT2D eigenvalue weighted by Gasteiger charge is 2.47. The maximum atomic E-state index is 13.2. The molecule has 0 aromatic heterocycles. The van der Waals surface area contributed by atoms with Crippen LogP contribution in [0.1, 0.15) is 38.7 Å². The number of hydrogen-bond donors (Lipinski definition) is 0. The quantitative estimate of drug-likeness (QED) is 0.838. The summed E-state index contributed by atoms with van der Waals surface area (Å²) in [5, 5.41) is 0.786. The lowest BCUT2D eigenvalue weighted by Gasteiger charge is -2.43. The summed E-state index contributed by atoms with van der Waals surface area (Å²) in [5.41, 5.74) is 0.429. The highest BCUT2D eigenvalue weighted by Crippen LogP contribution is 2.31. The van der Waals surface area contributed by atoms with Gasteiger partial charge in [-0.25, -0.2) is 0 Å². The average Bonchev–Trinajstić information content (AvgIpc) is 2.70. The summed E-state index contributed by atoms with van der Waals surface area (Å²) >= 11 is 6.31. The van der Waals surface area contributed by atoms with E-state index in [0.717, 1.165) is 49.5 Å². The van der Waals surface area contributed by atoms with Gasteiger partial charge in [0.1, 0.15) is 0 Å². The van der Waals surface area contributed by atoms with Crippen molar-refractivity contribution in [1.82, 2.24) is 9.80 Å². The summed E-state index contributed by atoms with van der Waals surface area (Å²) in [6.45, 7) is 7.86. The molecule has 0 aliphatic carbocycles. The molecule has 24 heavy (non-hydrogen) atoms. The van der Waals surface area contributed by atoms with Crippen molar-refractivity contribution in [3.8, 4) is 0 Å². The largest absolute Gasteiger partial charge is 0.362 e. The first kappa shape index (κ1) is 17.7. The molecule has 0 radical (unpaired) electrons. The van der Waals surface area contributed by atoms with Crippen LogP contribution in [-0.2, 0) is 16.1 Å². The number of halogens is 1. The van der Waals surface area contributed by atoms with Gasteiger partial charge in [0.15, 0.2) is 5.60 Å². The fourth-order valence-electron chi connectivity index (χ4n) is 3.79. The van der Waals surface area contributed by atoms with E-state index in [-0.39, 0.29) is 11.9 Å². The molecule has 0 N–H and O–H groups in total. The Morgan fingerprint density at radius 3 is 2.79 bits per heavy atom. The van der Waals surface area contributed by atoms with Crippen molar-refractivity contribution < 1.29 is 9.53 Å². The molecule has 2 heterocycles. The van der Waals surface area contributed by atoms with Crippen molar-refractivity contribution >= 4 is 17.5 Å². The number of ether oxygens (including phenoxy) is 1. The van der Waals surface area contributed by atoms with Gasteiger partial charge in [-0.05, 0) is 44.7 Å². The van der Waals surface area contributed by atoms with E-state index in [9.17, 15) is 4.79 Å². The van der Waals surface area contributed by atoms with Crippen LogP contribution in [0, 0.1) is 0 Å². The SMILES string of the molecule is CC(C)N1CCCCC2(CN(Cc3ccccc3Cl)CCO2)C1=O. The van der Waals surface area contributed by atoms with Crippen LogP contribution in [0.15, 0.2) is 24.3 Å². The number of nitrogens with zero attached hydrogens (tertiary/aromatic N) is 2. The maximum Gasteiger partial charge on any atom is 0.256 e. The Bertz CT molecular complexity index is 592. The van der Waals surface area contributed by atoms with Crippen molar-refractivity contribution in [2.45, 2.75) is 51.3 Å². The summed E-state index contributed by atoms with van der Waals surface area (Å²) in [6.07, 6.45) is 2.91. The predicted molar refractivity (Wildman–Crippen MR) is 96.1 cm³/mol. The molecule has 4 nitrogen and oxygen atoms in total. The molecular formula is C19H27ClN2O2. The van der Waals surface area contributed by atoms with Crippen LogP contribution in [0.5, 0.6) is 0 Å². The Hall–Kier alpha value is -1.10. The second-order valence-corrected chi connectivity index (χ2v) is 7.60. The topological polar surface area (TPSA) is 32.8 Å². The first-order valence-electron chi connectivity index (χ1n) is 8.93. The second kappa shape index (κ2) is 7.42. The second-order valence-electron chi connectivity index (χ2n) is 7.19. The lowest BCUT2D eigenvalue weighted by atomic mass is 9.93. The van der Waals surface area contributed by atoms with Gasteiger partial charge in [0.25, 0.3) is 5.91 Å². The van der Waals surface area contributed by atoms with Crippen LogP contribution in [0.2, 0.25) is 5.02 Å². The van der Waals surface area contributed by atoms with E-state index in [1.54, 1.807) is 0 Å². The minimum atomic E-state index is -0.680. The third kappa shape index (κ3) is 3.61. The Labute approximate surface area is 149 Å². The van der Waals surface area contributed by atoms with Crippen molar-refractivity contribution in [2.75, 3.05) is 26.2 Å². The number of hydrogen-bond acceptors (Lipinski definition) is 3. The van der Waals surface area contributed by atoms with Crippen LogP contribution in [0.4, 0.5) is 0 Å². The monoisotopic (exact) mass is 350 g/mol. The normalized spacial score (nSPS) is 26.2. The number of carbonyl (C=O) groups is 1. The molecule has 0 saturated carbocycles. The molecule has 2 saturated heterocycles. The van der Waals surface area contributed by atoms with Gasteiger partial charge in [-0.3, -0.25) is 9.69 Å². The van der Waals surface area contributed by atoms with Crippen LogP contribution in [-0.4, -0.2) is 53.6 Å². The Morgan fingerprint density at radius 2 is 2.04 bits per heavy atom. The Balaban J connectivity index is 1.78. The first-order chi connectivity index (χ1) is 11.5. The molecule has 5 heteroatoms. The minimum Gasteiger partial charge on any atom is -0.362 e. The summed E-state index contributed by atoms with van der Waals surface area (Å²) < 4.78 is 6.11. The van der Waals surface area contributed by atoms with Gasteiger partial charge in [-0.15, -0.1) is 0 Å². The molecule has 1 unspecified atom stereocenters. The van der Waals surface area contributed by atoms with Gasteiger partial charge < -0.3 is 9.64 Å². The van der Waals surface area contributed by atoms with Gasteiger partial charge in [-0.2, -0.15) is 0 Å². The summed E-state index contributed by atoms with van der Waals surface area (Å²) in [7, 11) is 0. The van der Waals surface area contributed by atoms with E-state index in [0.29, 0.717) is 13.2 Å². The van der Waals surface area contributed by atoms with Crippen molar-refractivity contribution in [3.63, 3.8) is 0 Å². The molecule has 2 aliphatic heterocycles. The van der Waals surface area contributed by atoms with Gasteiger partial charge in [0.2, 0.25) is 0 Å². The molecule has 132 valence electrons. The zero-order chi connectivity index (χ0) is 17.2. The number of amides is 1. The number of carbonyl (C=O) groups excluding carboxylic acids is 1. The number of benzene rings is 1. The van der Waals surface area contributed by atoms with Crippen LogP contribution < -0.4 is 0 Å². The average molecular weight is 351 g/mol. The smallest absolute Gasteiger partial charge is 0.256 e. The van der Waals surface area contributed by atoms with Gasteiger partial charge in [-0.1, -0.05) is 29.8 Å². The maximum absolute atomic E-state index is 13.2. The third-order valence-corrected chi connectivity index (χ3v) is 5.49. The van der Waals surface area contributed by atoms with E-state index in [1.165, 1.54) is 0 Å².